The van der Waals surface area contributed by atoms with Gasteiger partial charge in [0.1, 0.15) is 11.7 Å². The second kappa shape index (κ2) is 6.64. The second-order valence-corrected chi connectivity index (χ2v) is 4.57. The van der Waals surface area contributed by atoms with Crippen LogP contribution in [0.25, 0.3) is 0 Å². The molecule has 3 N–H and O–H groups in total. The number of nitrogens with one attached hydrogen (secondary N) is 1. The first-order valence-corrected chi connectivity index (χ1v) is 6.40. The molecule has 1 heterocycles. The molecule has 1 aromatic carbocycles. The van der Waals surface area contributed by atoms with Crippen molar-refractivity contribution in [2.75, 3.05) is 0 Å². The molecule has 0 spiro atoms. The van der Waals surface area contributed by atoms with Crippen LogP contribution < -0.4 is 5.43 Å². The second-order valence-electron chi connectivity index (χ2n) is 4.57. The van der Waals surface area contributed by atoms with Crippen LogP contribution in [-0.2, 0) is 9.47 Å². The number of carbonyl (C=O) groups is 2. The van der Waals surface area contributed by atoms with Gasteiger partial charge in [-0.25, -0.2) is 9.59 Å². The zero-order chi connectivity index (χ0) is 17.9. The molecule has 0 fully saturated rings. The smallest absolute Gasteiger partial charge is 0.449 e. The van der Waals surface area contributed by atoms with Crippen LogP contribution in [0.15, 0.2) is 40.8 Å². The first-order valence-electron chi connectivity index (χ1n) is 6.40. The van der Waals surface area contributed by atoms with E-state index in [1.165, 1.54) is 25.1 Å². The van der Waals surface area contributed by atoms with Crippen molar-refractivity contribution in [2.24, 2.45) is 5.10 Å². The number of ether oxygens (including phenoxy) is 2. The van der Waals surface area contributed by atoms with E-state index in [1.807, 2.05) is 0 Å². The van der Waals surface area contributed by atoms with Gasteiger partial charge in [0.2, 0.25) is 5.90 Å². The topological polar surface area (TPSA) is 161 Å². The van der Waals surface area contributed by atoms with Crippen LogP contribution in [0.2, 0.25) is 0 Å². The van der Waals surface area contributed by atoms with Crippen LogP contribution in [0.1, 0.15) is 18.4 Å². The standard InChI is InChI=1S/C13H11N3O8/c1-6-10(23-12(17)18)9(11(15-14-6)24-13(19)20)7-3-2-4-8(5-7)16(21)22/h2-5,9,14H,1H3,(H,17,18)(H,19,20). The van der Waals surface area contributed by atoms with Crippen LogP contribution in [0.5, 0.6) is 0 Å². The molecule has 1 aromatic rings. The van der Waals surface area contributed by atoms with Crippen LogP contribution in [0.4, 0.5) is 15.3 Å². The average Bonchev–Trinajstić information content (AvgIpc) is 2.50. The Hall–Kier alpha value is -3.63. The average molecular weight is 337 g/mol. The molecule has 2 rings (SSSR count). The summed E-state index contributed by atoms with van der Waals surface area (Å²) in [5.41, 5.74) is 2.49. The number of hydrogen-bond acceptors (Lipinski definition) is 8. The zero-order valence-corrected chi connectivity index (χ0v) is 12.1. The van der Waals surface area contributed by atoms with E-state index in [2.05, 4.69) is 15.3 Å². The number of non-ortho nitro benzene ring substituents is 1. The molecule has 0 aliphatic carbocycles. The quantitative estimate of drug-likeness (QED) is 0.426. The number of hydrazone groups is 1. The van der Waals surface area contributed by atoms with Gasteiger partial charge in [-0.3, -0.25) is 15.5 Å². The summed E-state index contributed by atoms with van der Waals surface area (Å²) >= 11 is 0. The fourth-order valence-electron chi connectivity index (χ4n) is 2.10. The van der Waals surface area contributed by atoms with Crippen molar-refractivity contribution < 1.29 is 34.2 Å². The molecule has 24 heavy (non-hydrogen) atoms. The van der Waals surface area contributed by atoms with Crippen LogP contribution >= 0.6 is 0 Å². The molecule has 0 saturated carbocycles. The van der Waals surface area contributed by atoms with E-state index in [0.717, 1.165) is 6.07 Å². The lowest BCUT2D eigenvalue weighted by Crippen LogP contribution is -2.31. The Morgan fingerprint density at radius 3 is 2.54 bits per heavy atom. The number of carboxylic acid groups (broad SMARTS) is 2. The number of hydrogen-bond donors (Lipinski definition) is 3. The summed E-state index contributed by atoms with van der Waals surface area (Å²) in [6.07, 6.45) is -3.32. The van der Waals surface area contributed by atoms with E-state index in [-0.39, 0.29) is 22.7 Å². The van der Waals surface area contributed by atoms with Gasteiger partial charge in [0.15, 0.2) is 0 Å². The van der Waals surface area contributed by atoms with Gasteiger partial charge in [0, 0.05) is 12.1 Å². The SMILES string of the molecule is CC1=C(OC(=O)O)C(c2cccc([N+](=O)[O-])c2)C(OC(=O)O)=NN1. The first-order chi connectivity index (χ1) is 11.3. The Morgan fingerprint density at radius 2 is 1.96 bits per heavy atom. The summed E-state index contributed by atoms with van der Waals surface area (Å²) in [6, 6.07) is 5.17. The molecule has 0 aromatic heterocycles. The van der Waals surface area contributed by atoms with Gasteiger partial charge in [-0.1, -0.05) is 12.1 Å². The van der Waals surface area contributed by atoms with Gasteiger partial charge >= 0.3 is 12.3 Å². The minimum atomic E-state index is -1.68. The van der Waals surface area contributed by atoms with Gasteiger partial charge in [-0.15, -0.1) is 5.10 Å². The lowest BCUT2D eigenvalue weighted by atomic mass is 9.94. The van der Waals surface area contributed by atoms with Crippen molar-refractivity contribution in [2.45, 2.75) is 12.8 Å². The molecule has 0 radical (unpaired) electrons. The normalized spacial score (nSPS) is 16.7. The van der Waals surface area contributed by atoms with E-state index in [1.54, 1.807) is 0 Å². The molecular formula is C13H11N3O8. The van der Waals surface area contributed by atoms with Gasteiger partial charge < -0.3 is 19.7 Å². The molecule has 0 saturated heterocycles. The highest BCUT2D eigenvalue weighted by Gasteiger charge is 2.35. The minimum Gasteiger partial charge on any atom is -0.449 e. The predicted octanol–water partition coefficient (Wildman–Crippen LogP) is 2.22. The highest BCUT2D eigenvalue weighted by atomic mass is 16.7. The maximum absolute atomic E-state index is 10.9. The summed E-state index contributed by atoms with van der Waals surface area (Å²) in [5.74, 6) is -1.81. The fourth-order valence-corrected chi connectivity index (χ4v) is 2.10. The molecule has 11 nitrogen and oxygen atoms in total. The van der Waals surface area contributed by atoms with E-state index in [0.29, 0.717) is 0 Å². The van der Waals surface area contributed by atoms with Gasteiger partial charge in [0.25, 0.3) is 5.69 Å². The predicted molar refractivity (Wildman–Crippen MR) is 77.3 cm³/mol. The Labute approximate surface area is 133 Å². The number of nitro groups is 1. The van der Waals surface area contributed by atoms with Gasteiger partial charge in [-0.2, -0.15) is 0 Å². The Balaban J connectivity index is 2.54. The molecule has 0 bridgehead atoms. The maximum Gasteiger partial charge on any atom is 0.512 e. The minimum absolute atomic E-state index is 0.182. The summed E-state index contributed by atoms with van der Waals surface area (Å²) in [5, 5.41) is 32.3. The zero-order valence-electron chi connectivity index (χ0n) is 12.1. The van der Waals surface area contributed by atoms with Crippen LogP contribution in [-0.4, -0.2) is 33.3 Å². The lowest BCUT2D eigenvalue weighted by molar-refractivity contribution is -0.384. The summed E-state index contributed by atoms with van der Waals surface area (Å²) in [6.45, 7) is 1.45. The van der Waals surface area contributed by atoms with Crippen LogP contribution in [0.3, 0.4) is 0 Å². The van der Waals surface area contributed by atoms with Crippen molar-refractivity contribution in [3.8, 4) is 0 Å². The third kappa shape index (κ3) is 3.58. The van der Waals surface area contributed by atoms with E-state index < -0.39 is 29.0 Å². The molecular weight excluding hydrogens is 326 g/mol. The Morgan fingerprint density at radius 1 is 1.29 bits per heavy atom. The molecule has 126 valence electrons. The van der Waals surface area contributed by atoms with Crippen LogP contribution in [0, 0.1) is 10.1 Å². The first kappa shape index (κ1) is 16.7. The molecule has 11 heteroatoms. The lowest BCUT2D eigenvalue weighted by Gasteiger charge is -2.25. The molecule has 1 aliphatic heterocycles. The van der Waals surface area contributed by atoms with Crippen molar-refractivity contribution in [3.63, 3.8) is 0 Å². The number of nitrogens with zero attached hydrogens (tertiary/aromatic N) is 2. The highest BCUT2D eigenvalue weighted by Crippen LogP contribution is 2.33. The third-order valence-electron chi connectivity index (χ3n) is 3.02. The van der Waals surface area contributed by atoms with E-state index in [4.69, 9.17) is 14.9 Å². The maximum atomic E-state index is 10.9. The number of benzene rings is 1. The van der Waals surface area contributed by atoms with Crippen molar-refractivity contribution in [1.82, 2.24) is 5.43 Å². The summed E-state index contributed by atoms with van der Waals surface area (Å²) in [4.78, 5) is 32.0. The number of nitro benzene ring substituents is 1. The Kier molecular flexibility index (Phi) is 4.63. The Bertz CT molecular complexity index is 770. The summed E-state index contributed by atoms with van der Waals surface area (Å²) in [7, 11) is 0. The molecule has 0 amide bonds. The highest BCUT2D eigenvalue weighted by molar-refractivity contribution is 5.93. The van der Waals surface area contributed by atoms with E-state index >= 15 is 0 Å². The largest absolute Gasteiger partial charge is 0.512 e. The summed E-state index contributed by atoms with van der Waals surface area (Å²) < 4.78 is 9.24. The van der Waals surface area contributed by atoms with Crippen molar-refractivity contribution >= 4 is 23.9 Å². The molecule has 1 aliphatic rings. The third-order valence-corrected chi connectivity index (χ3v) is 3.02. The number of rotatable bonds is 3. The molecule has 1 atom stereocenters. The van der Waals surface area contributed by atoms with E-state index in [9.17, 15) is 19.7 Å². The van der Waals surface area contributed by atoms with Gasteiger partial charge in [0.05, 0.1) is 10.6 Å². The molecule has 1 unspecified atom stereocenters. The van der Waals surface area contributed by atoms with Gasteiger partial charge in [-0.05, 0) is 12.5 Å². The van der Waals surface area contributed by atoms with Crippen molar-refractivity contribution in [1.29, 1.82) is 0 Å². The number of allylic oxidation sites excluding steroid dienone is 1. The fraction of sp³-hybridized carbons (Fsp3) is 0.154. The monoisotopic (exact) mass is 337 g/mol. The van der Waals surface area contributed by atoms with Crippen molar-refractivity contribution in [3.05, 3.63) is 51.4 Å².